The fourth-order valence-electron chi connectivity index (χ4n) is 2.93. The van der Waals surface area contributed by atoms with Crippen LogP contribution in [0.15, 0.2) is 0 Å². The summed E-state index contributed by atoms with van der Waals surface area (Å²) in [5.74, 6) is 0.770. The van der Waals surface area contributed by atoms with Gasteiger partial charge in [-0.2, -0.15) is 0 Å². The SMILES string of the molecule is CNC(=O)N(C)C1CC(C)CCC1C(C)(C)O. The molecule has 1 aliphatic carbocycles. The van der Waals surface area contributed by atoms with Crippen LogP contribution in [0.25, 0.3) is 0 Å². The number of nitrogens with one attached hydrogen (secondary N) is 1. The number of urea groups is 1. The number of carbonyl (C=O) groups excluding carboxylic acids is 1. The molecule has 0 aliphatic heterocycles. The van der Waals surface area contributed by atoms with E-state index in [1.807, 2.05) is 20.9 Å². The van der Waals surface area contributed by atoms with Gasteiger partial charge in [0.05, 0.1) is 5.60 Å². The molecule has 2 N–H and O–H groups in total. The van der Waals surface area contributed by atoms with Crippen LogP contribution < -0.4 is 5.32 Å². The van der Waals surface area contributed by atoms with Crippen molar-refractivity contribution in [2.75, 3.05) is 14.1 Å². The van der Waals surface area contributed by atoms with Crippen molar-refractivity contribution < 1.29 is 9.90 Å². The van der Waals surface area contributed by atoms with Gasteiger partial charge in [-0.15, -0.1) is 0 Å². The second kappa shape index (κ2) is 5.25. The van der Waals surface area contributed by atoms with E-state index in [-0.39, 0.29) is 18.0 Å². The molecule has 4 nitrogen and oxygen atoms in total. The highest BCUT2D eigenvalue weighted by molar-refractivity contribution is 5.73. The number of hydrogen-bond acceptors (Lipinski definition) is 2. The predicted octanol–water partition coefficient (Wildman–Crippen LogP) is 1.83. The molecule has 0 spiro atoms. The van der Waals surface area contributed by atoms with E-state index in [9.17, 15) is 9.90 Å². The highest BCUT2D eigenvalue weighted by Gasteiger charge is 2.40. The molecule has 0 saturated heterocycles. The van der Waals surface area contributed by atoms with Gasteiger partial charge in [0.2, 0.25) is 0 Å². The van der Waals surface area contributed by atoms with Crippen LogP contribution in [0, 0.1) is 11.8 Å². The number of hydrogen-bond donors (Lipinski definition) is 2. The first kappa shape index (κ1) is 14.3. The molecule has 0 aromatic carbocycles. The molecular weight excluding hydrogens is 216 g/mol. The summed E-state index contributed by atoms with van der Waals surface area (Å²) in [6, 6.07) is 0.0528. The van der Waals surface area contributed by atoms with Crippen molar-refractivity contribution in [2.24, 2.45) is 11.8 Å². The first-order chi connectivity index (χ1) is 7.77. The Bertz CT molecular complexity index is 273. The molecular formula is C13H26N2O2. The van der Waals surface area contributed by atoms with Gasteiger partial charge in [0, 0.05) is 26.1 Å². The van der Waals surface area contributed by atoms with E-state index in [0.29, 0.717) is 5.92 Å². The molecule has 0 aromatic rings. The molecule has 100 valence electrons. The van der Waals surface area contributed by atoms with E-state index in [1.54, 1.807) is 11.9 Å². The lowest BCUT2D eigenvalue weighted by Gasteiger charge is -2.45. The summed E-state index contributed by atoms with van der Waals surface area (Å²) in [5, 5.41) is 12.9. The van der Waals surface area contributed by atoms with Gasteiger partial charge < -0.3 is 15.3 Å². The topological polar surface area (TPSA) is 52.6 Å². The van der Waals surface area contributed by atoms with Gasteiger partial charge in [-0.1, -0.05) is 13.3 Å². The van der Waals surface area contributed by atoms with E-state index in [0.717, 1.165) is 19.3 Å². The minimum absolute atomic E-state index is 0.0710. The van der Waals surface area contributed by atoms with Gasteiger partial charge in [0.1, 0.15) is 0 Å². The molecule has 1 fully saturated rings. The van der Waals surface area contributed by atoms with Crippen molar-refractivity contribution in [3.8, 4) is 0 Å². The molecule has 1 aliphatic rings. The summed E-state index contributed by atoms with van der Waals surface area (Å²) < 4.78 is 0. The Balaban J connectivity index is 2.85. The first-order valence-corrected chi connectivity index (χ1v) is 6.44. The third-order valence-corrected chi connectivity index (χ3v) is 4.02. The molecule has 0 radical (unpaired) electrons. The van der Waals surface area contributed by atoms with Crippen molar-refractivity contribution in [1.29, 1.82) is 0 Å². The van der Waals surface area contributed by atoms with Gasteiger partial charge in [-0.25, -0.2) is 4.79 Å². The maximum Gasteiger partial charge on any atom is 0.317 e. The number of amides is 2. The summed E-state index contributed by atoms with van der Waals surface area (Å²) in [4.78, 5) is 13.5. The van der Waals surface area contributed by atoms with Crippen LogP contribution in [0.2, 0.25) is 0 Å². The van der Waals surface area contributed by atoms with Crippen LogP contribution in [0.3, 0.4) is 0 Å². The Morgan fingerprint density at radius 2 is 2.00 bits per heavy atom. The van der Waals surface area contributed by atoms with Crippen molar-refractivity contribution in [2.45, 2.75) is 51.7 Å². The molecule has 3 atom stereocenters. The monoisotopic (exact) mass is 242 g/mol. The third-order valence-electron chi connectivity index (χ3n) is 4.02. The molecule has 0 heterocycles. The number of carbonyl (C=O) groups is 1. The molecule has 1 saturated carbocycles. The van der Waals surface area contributed by atoms with Crippen molar-refractivity contribution >= 4 is 6.03 Å². The zero-order valence-electron chi connectivity index (χ0n) is 11.7. The first-order valence-electron chi connectivity index (χ1n) is 6.44. The zero-order chi connectivity index (χ0) is 13.2. The highest BCUT2D eigenvalue weighted by atomic mass is 16.3. The fraction of sp³-hybridized carbons (Fsp3) is 0.923. The van der Waals surface area contributed by atoms with Crippen LogP contribution >= 0.6 is 0 Å². The van der Waals surface area contributed by atoms with E-state index >= 15 is 0 Å². The highest BCUT2D eigenvalue weighted by Crippen LogP contribution is 2.37. The molecule has 4 heteroatoms. The second-order valence-corrected chi connectivity index (χ2v) is 5.91. The van der Waals surface area contributed by atoms with Gasteiger partial charge >= 0.3 is 6.03 Å². The van der Waals surface area contributed by atoms with Gasteiger partial charge in [-0.3, -0.25) is 0 Å². The Kier molecular flexibility index (Phi) is 4.42. The van der Waals surface area contributed by atoms with E-state index in [4.69, 9.17) is 0 Å². The predicted molar refractivity (Wildman–Crippen MR) is 68.8 cm³/mol. The Labute approximate surface area is 104 Å². The molecule has 0 aromatic heterocycles. The minimum atomic E-state index is -0.729. The quantitative estimate of drug-likeness (QED) is 0.776. The second-order valence-electron chi connectivity index (χ2n) is 5.91. The van der Waals surface area contributed by atoms with Crippen LogP contribution in [-0.4, -0.2) is 41.8 Å². The van der Waals surface area contributed by atoms with E-state index < -0.39 is 5.60 Å². The smallest absolute Gasteiger partial charge is 0.317 e. The van der Waals surface area contributed by atoms with Gasteiger partial charge in [-0.05, 0) is 32.6 Å². The maximum absolute atomic E-state index is 11.7. The third kappa shape index (κ3) is 3.35. The number of nitrogens with zero attached hydrogens (tertiary/aromatic N) is 1. The van der Waals surface area contributed by atoms with Crippen molar-refractivity contribution in [3.63, 3.8) is 0 Å². The van der Waals surface area contributed by atoms with Crippen LogP contribution in [-0.2, 0) is 0 Å². The molecule has 3 unspecified atom stereocenters. The van der Waals surface area contributed by atoms with Crippen molar-refractivity contribution in [1.82, 2.24) is 10.2 Å². The Hall–Kier alpha value is -0.770. The fourth-order valence-corrected chi connectivity index (χ4v) is 2.93. The average molecular weight is 242 g/mol. The van der Waals surface area contributed by atoms with Gasteiger partial charge in [0.15, 0.2) is 0 Å². The molecule has 0 bridgehead atoms. The molecule has 1 rings (SSSR count). The zero-order valence-corrected chi connectivity index (χ0v) is 11.7. The Morgan fingerprint density at radius 3 is 2.47 bits per heavy atom. The van der Waals surface area contributed by atoms with Crippen LogP contribution in [0.4, 0.5) is 4.79 Å². The van der Waals surface area contributed by atoms with Crippen LogP contribution in [0.5, 0.6) is 0 Å². The standard InChI is InChI=1S/C13H26N2O2/c1-9-6-7-10(13(2,3)17)11(8-9)15(5)12(16)14-4/h9-11,17H,6-8H2,1-5H3,(H,14,16). The summed E-state index contributed by atoms with van der Waals surface area (Å²) in [5.41, 5.74) is -0.729. The average Bonchev–Trinajstić information content (AvgIpc) is 2.25. The van der Waals surface area contributed by atoms with Crippen molar-refractivity contribution in [3.05, 3.63) is 0 Å². The Morgan fingerprint density at radius 1 is 1.41 bits per heavy atom. The summed E-state index contributed by atoms with van der Waals surface area (Å²) in [6.45, 7) is 5.90. The normalized spacial score (nSPS) is 29.9. The summed E-state index contributed by atoms with van der Waals surface area (Å²) in [6.07, 6.45) is 3.09. The number of aliphatic hydroxyl groups is 1. The summed E-state index contributed by atoms with van der Waals surface area (Å²) >= 11 is 0. The lowest BCUT2D eigenvalue weighted by atomic mass is 9.71. The summed E-state index contributed by atoms with van der Waals surface area (Å²) in [7, 11) is 3.46. The minimum Gasteiger partial charge on any atom is -0.390 e. The largest absolute Gasteiger partial charge is 0.390 e. The lowest BCUT2D eigenvalue weighted by molar-refractivity contribution is -0.0401. The lowest BCUT2D eigenvalue weighted by Crippen LogP contribution is -2.53. The van der Waals surface area contributed by atoms with Gasteiger partial charge in [0.25, 0.3) is 0 Å². The molecule has 2 amide bonds. The van der Waals surface area contributed by atoms with E-state index in [1.165, 1.54) is 0 Å². The van der Waals surface area contributed by atoms with E-state index in [2.05, 4.69) is 12.2 Å². The maximum atomic E-state index is 11.7. The number of rotatable bonds is 2. The van der Waals surface area contributed by atoms with Crippen LogP contribution in [0.1, 0.15) is 40.0 Å². The molecule has 17 heavy (non-hydrogen) atoms.